The van der Waals surface area contributed by atoms with Crippen LogP contribution >= 0.6 is 15.9 Å². The summed E-state index contributed by atoms with van der Waals surface area (Å²) < 4.78 is 11.3. The van der Waals surface area contributed by atoms with Crippen LogP contribution in [0.25, 0.3) is 0 Å². The second-order valence-corrected chi connectivity index (χ2v) is 4.42. The Hall–Kier alpha value is -1.07. The molecule has 0 saturated heterocycles. The Balaban J connectivity index is 2.43. The number of halogens is 1. The van der Waals surface area contributed by atoms with Crippen molar-refractivity contribution in [3.8, 4) is 5.75 Å². The molecule has 1 atom stereocenters. The van der Waals surface area contributed by atoms with Gasteiger partial charge in [0.15, 0.2) is 6.10 Å². The van der Waals surface area contributed by atoms with E-state index in [1.165, 1.54) is 0 Å². The minimum absolute atomic E-state index is 0.151. The monoisotopic (exact) mass is 301 g/mol. The van der Waals surface area contributed by atoms with Gasteiger partial charge in [0, 0.05) is 18.1 Å². The minimum Gasteiger partial charge on any atom is -0.481 e. The van der Waals surface area contributed by atoms with Crippen molar-refractivity contribution < 1.29 is 14.3 Å². The lowest BCUT2D eigenvalue weighted by Gasteiger charge is -2.14. The van der Waals surface area contributed by atoms with Crippen molar-refractivity contribution in [2.75, 3.05) is 20.3 Å². The zero-order chi connectivity index (χ0) is 12.7. The summed E-state index contributed by atoms with van der Waals surface area (Å²) in [5, 5.41) is 2.72. The van der Waals surface area contributed by atoms with E-state index >= 15 is 0 Å². The Morgan fingerprint density at radius 3 is 2.94 bits per heavy atom. The molecule has 0 bridgehead atoms. The minimum atomic E-state index is -0.527. The lowest BCUT2D eigenvalue weighted by molar-refractivity contribution is -0.127. The van der Waals surface area contributed by atoms with Crippen LogP contribution in [0.5, 0.6) is 5.75 Å². The SMILES string of the molecule is COCCNC(=O)C(C)Oc1cccc(Br)c1. The highest BCUT2D eigenvalue weighted by Crippen LogP contribution is 2.18. The predicted molar refractivity (Wildman–Crippen MR) is 69.1 cm³/mol. The molecule has 0 saturated carbocycles. The molecule has 4 nitrogen and oxygen atoms in total. The van der Waals surface area contributed by atoms with Crippen LogP contribution in [0.3, 0.4) is 0 Å². The molecule has 0 heterocycles. The molecule has 1 amide bonds. The summed E-state index contributed by atoms with van der Waals surface area (Å²) in [6.07, 6.45) is -0.527. The van der Waals surface area contributed by atoms with E-state index in [0.29, 0.717) is 18.9 Å². The Kier molecular flexibility index (Phi) is 6.00. The van der Waals surface area contributed by atoms with Gasteiger partial charge in [-0.15, -0.1) is 0 Å². The van der Waals surface area contributed by atoms with Crippen molar-refractivity contribution in [1.29, 1.82) is 0 Å². The Morgan fingerprint density at radius 2 is 2.29 bits per heavy atom. The van der Waals surface area contributed by atoms with Gasteiger partial charge in [-0.25, -0.2) is 0 Å². The maximum Gasteiger partial charge on any atom is 0.260 e. The highest BCUT2D eigenvalue weighted by atomic mass is 79.9. The molecule has 0 radical (unpaired) electrons. The fraction of sp³-hybridized carbons (Fsp3) is 0.417. The number of hydrogen-bond acceptors (Lipinski definition) is 3. The van der Waals surface area contributed by atoms with E-state index in [-0.39, 0.29) is 5.91 Å². The second-order valence-electron chi connectivity index (χ2n) is 3.50. The average molecular weight is 302 g/mol. The largest absolute Gasteiger partial charge is 0.481 e. The van der Waals surface area contributed by atoms with Crippen LogP contribution in [0, 0.1) is 0 Å². The molecule has 0 aliphatic heterocycles. The summed E-state index contributed by atoms with van der Waals surface area (Å²) in [7, 11) is 1.59. The quantitative estimate of drug-likeness (QED) is 0.817. The molecule has 5 heteroatoms. The summed E-state index contributed by atoms with van der Waals surface area (Å²) in [5.74, 6) is 0.510. The van der Waals surface area contributed by atoms with Crippen LogP contribution in [0.1, 0.15) is 6.92 Å². The van der Waals surface area contributed by atoms with Gasteiger partial charge in [0.1, 0.15) is 5.75 Å². The topological polar surface area (TPSA) is 47.6 Å². The number of rotatable bonds is 6. The molecule has 1 aromatic rings. The van der Waals surface area contributed by atoms with E-state index in [4.69, 9.17) is 9.47 Å². The van der Waals surface area contributed by atoms with Gasteiger partial charge in [0.25, 0.3) is 5.91 Å². The molecule has 17 heavy (non-hydrogen) atoms. The van der Waals surface area contributed by atoms with Crippen LogP contribution in [0.4, 0.5) is 0 Å². The zero-order valence-electron chi connectivity index (χ0n) is 9.90. The fourth-order valence-corrected chi connectivity index (χ4v) is 1.60. The summed E-state index contributed by atoms with van der Waals surface area (Å²) in [5.41, 5.74) is 0. The number of ether oxygens (including phenoxy) is 2. The number of methoxy groups -OCH3 is 1. The van der Waals surface area contributed by atoms with Crippen molar-refractivity contribution in [3.63, 3.8) is 0 Å². The lowest BCUT2D eigenvalue weighted by Crippen LogP contribution is -2.37. The zero-order valence-corrected chi connectivity index (χ0v) is 11.5. The van der Waals surface area contributed by atoms with Crippen LogP contribution in [0.2, 0.25) is 0 Å². The summed E-state index contributed by atoms with van der Waals surface area (Å²) in [4.78, 5) is 11.6. The van der Waals surface area contributed by atoms with Gasteiger partial charge in [-0.3, -0.25) is 4.79 Å². The van der Waals surface area contributed by atoms with E-state index in [2.05, 4.69) is 21.2 Å². The van der Waals surface area contributed by atoms with Gasteiger partial charge in [0.05, 0.1) is 6.61 Å². The fourth-order valence-electron chi connectivity index (χ4n) is 1.22. The Morgan fingerprint density at radius 1 is 1.53 bits per heavy atom. The molecule has 1 rings (SSSR count). The van der Waals surface area contributed by atoms with Gasteiger partial charge in [-0.1, -0.05) is 22.0 Å². The van der Waals surface area contributed by atoms with Gasteiger partial charge < -0.3 is 14.8 Å². The van der Waals surface area contributed by atoms with E-state index < -0.39 is 6.10 Å². The van der Waals surface area contributed by atoms with Gasteiger partial charge >= 0.3 is 0 Å². The summed E-state index contributed by atoms with van der Waals surface area (Å²) in [6.45, 7) is 2.69. The third-order valence-electron chi connectivity index (χ3n) is 2.08. The highest BCUT2D eigenvalue weighted by Gasteiger charge is 2.13. The van der Waals surface area contributed by atoms with Gasteiger partial charge in [-0.2, -0.15) is 0 Å². The molecule has 1 N–H and O–H groups in total. The van der Waals surface area contributed by atoms with Crippen molar-refractivity contribution in [2.24, 2.45) is 0 Å². The number of carbonyl (C=O) groups is 1. The normalized spacial score (nSPS) is 11.9. The molecule has 0 spiro atoms. The molecular weight excluding hydrogens is 286 g/mol. The maximum atomic E-state index is 11.6. The first-order valence-electron chi connectivity index (χ1n) is 5.32. The molecule has 94 valence electrons. The third-order valence-corrected chi connectivity index (χ3v) is 2.58. The second kappa shape index (κ2) is 7.29. The van der Waals surface area contributed by atoms with E-state index in [1.807, 2.05) is 24.3 Å². The van der Waals surface area contributed by atoms with Gasteiger partial charge in [-0.05, 0) is 25.1 Å². The van der Waals surface area contributed by atoms with Crippen molar-refractivity contribution >= 4 is 21.8 Å². The number of hydrogen-bond donors (Lipinski definition) is 1. The average Bonchev–Trinajstić information content (AvgIpc) is 2.29. The van der Waals surface area contributed by atoms with Crippen LogP contribution < -0.4 is 10.1 Å². The maximum absolute atomic E-state index is 11.6. The van der Waals surface area contributed by atoms with Crippen LogP contribution in [0.15, 0.2) is 28.7 Å². The first-order chi connectivity index (χ1) is 8.13. The third kappa shape index (κ3) is 5.19. The van der Waals surface area contributed by atoms with Crippen molar-refractivity contribution in [1.82, 2.24) is 5.32 Å². The molecule has 0 aromatic heterocycles. The smallest absolute Gasteiger partial charge is 0.260 e. The van der Waals surface area contributed by atoms with Crippen molar-refractivity contribution in [3.05, 3.63) is 28.7 Å². The highest BCUT2D eigenvalue weighted by molar-refractivity contribution is 9.10. The molecule has 0 aliphatic carbocycles. The molecular formula is C12H16BrNO3. The standard InChI is InChI=1S/C12H16BrNO3/c1-9(12(15)14-6-7-16-2)17-11-5-3-4-10(13)8-11/h3-5,8-9H,6-7H2,1-2H3,(H,14,15). The summed E-state index contributed by atoms with van der Waals surface area (Å²) >= 11 is 3.34. The van der Waals surface area contributed by atoms with E-state index in [9.17, 15) is 4.79 Å². The van der Waals surface area contributed by atoms with Crippen molar-refractivity contribution in [2.45, 2.75) is 13.0 Å². The molecule has 1 unspecified atom stereocenters. The Labute approximate surface area is 109 Å². The summed E-state index contributed by atoms with van der Waals surface area (Å²) in [6, 6.07) is 7.38. The first-order valence-corrected chi connectivity index (χ1v) is 6.11. The molecule has 0 fully saturated rings. The number of amides is 1. The van der Waals surface area contributed by atoms with Crippen LogP contribution in [-0.4, -0.2) is 32.3 Å². The first kappa shape index (κ1) is 14.0. The number of nitrogens with one attached hydrogen (secondary N) is 1. The van der Waals surface area contributed by atoms with E-state index in [0.717, 1.165) is 4.47 Å². The van der Waals surface area contributed by atoms with Gasteiger partial charge in [0.2, 0.25) is 0 Å². The Bertz CT molecular complexity index is 371. The van der Waals surface area contributed by atoms with E-state index in [1.54, 1.807) is 14.0 Å². The number of carbonyl (C=O) groups excluding carboxylic acids is 1. The predicted octanol–water partition coefficient (Wildman–Crippen LogP) is 1.98. The molecule has 0 aliphatic rings. The number of benzene rings is 1. The van der Waals surface area contributed by atoms with Crippen LogP contribution in [-0.2, 0) is 9.53 Å². The lowest BCUT2D eigenvalue weighted by atomic mass is 10.3. The molecule has 1 aromatic carbocycles.